The number of benzene rings is 1. The van der Waals surface area contributed by atoms with Crippen LogP contribution >= 0.6 is 22.3 Å². The van der Waals surface area contributed by atoms with E-state index in [2.05, 4.69) is 4.18 Å². The summed E-state index contributed by atoms with van der Waals surface area (Å²) in [6, 6.07) is 3.04. The van der Waals surface area contributed by atoms with Gasteiger partial charge in [-0.1, -0.05) is 25.4 Å². The van der Waals surface area contributed by atoms with E-state index in [0.717, 1.165) is 0 Å². The molecule has 7 nitrogen and oxygen atoms in total. The molecule has 1 aromatic rings. The fraction of sp³-hybridized carbons (Fsp3) is 0.500. The van der Waals surface area contributed by atoms with Crippen LogP contribution in [-0.2, 0) is 18.3 Å². The molecule has 136 valence electrons. The first-order valence-electron chi connectivity index (χ1n) is 6.67. The molecular weight excluding hydrogens is 383 g/mol. The second-order valence-electron chi connectivity index (χ2n) is 5.55. The van der Waals surface area contributed by atoms with Crippen LogP contribution in [0.4, 0.5) is 0 Å². The van der Waals surface area contributed by atoms with Gasteiger partial charge in [0, 0.05) is 16.1 Å². The third-order valence-corrected chi connectivity index (χ3v) is 3.85. The first-order chi connectivity index (χ1) is 11.0. The van der Waals surface area contributed by atoms with E-state index in [9.17, 15) is 13.2 Å². The molecule has 0 fully saturated rings. The third-order valence-electron chi connectivity index (χ3n) is 2.88. The van der Waals surface area contributed by atoms with Crippen LogP contribution in [0.25, 0.3) is 0 Å². The molecule has 0 atom stereocenters. The van der Waals surface area contributed by atoms with Gasteiger partial charge >= 0.3 is 15.3 Å². The Kier molecular flexibility index (Phi) is 7.15. The zero-order valence-electron chi connectivity index (χ0n) is 13.6. The fourth-order valence-corrected chi connectivity index (χ4v) is 2.53. The average Bonchev–Trinajstić information content (AvgIpc) is 2.50. The summed E-state index contributed by atoms with van der Waals surface area (Å²) < 4.78 is 41.7. The van der Waals surface area contributed by atoms with Gasteiger partial charge in [0.05, 0.1) is 32.5 Å². The van der Waals surface area contributed by atoms with Gasteiger partial charge in [-0.25, -0.2) is 4.79 Å². The van der Waals surface area contributed by atoms with Crippen molar-refractivity contribution in [1.29, 1.82) is 0 Å². The number of carbonyl (C=O) groups excluding carboxylic acids is 1. The number of hydrogen-bond donors (Lipinski definition) is 0. The second-order valence-corrected chi connectivity index (χ2v) is 8.12. The van der Waals surface area contributed by atoms with Gasteiger partial charge in [0.25, 0.3) is 0 Å². The largest absolute Gasteiger partial charge is 0.496 e. The van der Waals surface area contributed by atoms with Gasteiger partial charge in [0.15, 0.2) is 5.75 Å². The summed E-state index contributed by atoms with van der Waals surface area (Å²) in [6.45, 7) is 2.91. The van der Waals surface area contributed by atoms with Gasteiger partial charge in [-0.15, -0.1) is 0 Å². The summed E-state index contributed by atoms with van der Waals surface area (Å²) in [5, 5.41) is 0.223. The Bertz CT molecular complexity index is 701. The maximum Gasteiger partial charge on any atom is 0.355 e. The summed E-state index contributed by atoms with van der Waals surface area (Å²) in [6.07, 6.45) is 0. The Labute approximate surface area is 150 Å². The number of esters is 1. The van der Waals surface area contributed by atoms with Gasteiger partial charge in [-0.3, -0.25) is 4.18 Å². The molecule has 10 heteroatoms. The summed E-state index contributed by atoms with van der Waals surface area (Å²) in [5.74, 6) is -0.370. The molecule has 0 aliphatic rings. The lowest BCUT2D eigenvalue weighted by Gasteiger charge is -2.23. The summed E-state index contributed by atoms with van der Waals surface area (Å²) in [4.78, 5) is 12.4. The maximum atomic E-state index is 12.4. The Morgan fingerprint density at radius 2 is 1.79 bits per heavy atom. The zero-order chi connectivity index (χ0) is 18.5. The lowest BCUT2D eigenvalue weighted by molar-refractivity contribution is 0.0251. The monoisotopic (exact) mass is 400 g/mol. The second kappa shape index (κ2) is 8.24. The Hall–Kier alpha value is -1.22. The number of halogens is 2. The van der Waals surface area contributed by atoms with Gasteiger partial charge in [-0.05, 0) is 12.1 Å². The van der Waals surface area contributed by atoms with Crippen LogP contribution in [0.2, 0.25) is 5.02 Å². The van der Waals surface area contributed by atoms with Crippen LogP contribution in [0.1, 0.15) is 24.2 Å². The summed E-state index contributed by atoms with van der Waals surface area (Å²) in [7, 11) is 3.64. The lowest BCUT2D eigenvalue weighted by Crippen LogP contribution is -2.28. The van der Waals surface area contributed by atoms with E-state index in [0.29, 0.717) is 0 Å². The first-order valence-corrected chi connectivity index (χ1v) is 9.28. The van der Waals surface area contributed by atoms with Crippen LogP contribution in [-0.4, -0.2) is 41.8 Å². The van der Waals surface area contributed by atoms with Crippen molar-refractivity contribution in [2.75, 3.05) is 27.4 Å². The molecule has 0 heterocycles. The molecule has 0 aromatic heterocycles. The van der Waals surface area contributed by atoms with Crippen LogP contribution in [0.15, 0.2) is 12.1 Å². The number of rotatable bonds is 8. The van der Waals surface area contributed by atoms with Crippen molar-refractivity contribution in [2.24, 2.45) is 5.41 Å². The number of carbonyl (C=O) groups is 1. The molecule has 1 rings (SSSR count). The third kappa shape index (κ3) is 6.01. The highest BCUT2D eigenvalue weighted by Gasteiger charge is 2.27. The molecule has 0 aliphatic carbocycles. The lowest BCUT2D eigenvalue weighted by atomic mass is 9.96. The molecule has 0 spiro atoms. The van der Waals surface area contributed by atoms with E-state index in [-0.39, 0.29) is 35.3 Å². The van der Waals surface area contributed by atoms with Crippen molar-refractivity contribution in [3.05, 3.63) is 22.7 Å². The highest BCUT2D eigenvalue weighted by atomic mass is 35.7. The van der Waals surface area contributed by atoms with Crippen molar-refractivity contribution in [1.82, 2.24) is 0 Å². The van der Waals surface area contributed by atoms with Crippen LogP contribution in [0, 0.1) is 5.41 Å². The van der Waals surface area contributed by atoms with E-state index in [1.54, 1.807) is 13.8 Å². The van der Waals surface area contributed by atoms with Crippen molar-refractivity contribution in [3.8, 4) is 11.5 Å². The van der Waals surface area contributed by atoms with Crippen molar-refractivity contribution >= 4 is 37.6 Å². The van der Waals surface area contributed by atoms with E-state index in [4.69, 9.17) is 36.5 Å². The minimum absolute atomic E-state index is 0.0363. The average molecular weight is 401 g/mol. The van der Waals surface area contributed by atoms with Gasteiger partial charge in [0.1, 0.15) is 11.3 Å². The smallest absolute Gasteiger partial charge is 0.355 e. The predicted molar refractivity (Wildman–Crippen MR) is 89.3 cm³/mol. The number of methoxy groups -OCH3 is 2. The molecule has 0 aliphatic heterocycles. The van der Waals surface area contributed by atoms with Crippen LogP contribution in [0.3, 0.4) is 0 Å². The van der Waals surface area contributed by atoms with E-state index >= 15 is 0 Å². The fourth-order valence-electron chi connectivity index (χ4n) is 1.71. The highest BCUT2D eigenvalue weighted by molar-refractivity contribution is 8.09. The predicted octanol–water partition coefficient (Wildman–Crippen LogP) is 3.04. The zero-order valence-corrected chi connectivity index (χ0v) is 15.9. The summed E-state index contributed by atoms with van der Waals surface area (Å²) >= 11 is 6.00. The molecule has 0 saturated heterocycles. The van der Waals surface area contributed by atoms with Crippen molar-refractivity contribution in [2.45, 2.75) is 13.8 Å². The molecule has 24 heavy (non-hydrogen) atoms. The van der Waals surface area contributed by atoms with Crippen molar-refractivity contribution < 1.29 is 31.6 Å². The Morgan fingerprint density at radius 1 is 1.17 bits per heavy atom. The number of hydrogen-bond acceptors (Lipinski definition) is 7. The summed E-state index contributed by atoms with van der Waals surface area (Å²) in [5.41, 5.74) is -0.759. The maximum absolute atomic E-state index is 12.4. The van der Waals surface area contributed by atoms with Crippen LogP contribution < -0.4 is 9.47 Å². The molecular formula is C14H18Cl2O7S. The van der Waals surface area contributed by atoms with E-state index in [1.807, 2.05) is 0 Å². The van der Waals surface area contributed by atoms with Gasteiger partial charge in [0.2, 0.25) is 0 Å². The number of ether oxygens (including phenoxy) is 3. The molecule has 0 N–H and O–H groups in total. The van der Waals surface area contributed by atoms with E-state index in [1.165, 1.54) is 26.4 Å². The Balaban J connectivity index is 2.91. The molecule has 0 radical (unpaired) electrons. The quantitative estimate of drug-likeness (QED) is 0.489. The molecule has 0 amide bonds. The minimum atomic E-state index is -4.10. The minimum Gasteiger partial charge on any atom is -0.496 e. The first kappa shape index (κ1) is 20.8. The highest BCUT2D eigenvalue weighted by Crippen LogP contribution is 2.36. The van der Waals surface area contributed by atoms with E-state index < -0.39 is 20.7 Å². The SMILES string of the molecule is COc1ccc(Cl)c(OC)c1C(=O)OCC(C)(C)COS(=O)(=O)Cl. The van der Waals surface area contributed by atoms with Crippen molar-refractivity contribution in [3.63, 3.8) is 0 Å². The molecule has 0 saturated carbocycles. The van der Waals surface area contributed by atoms with Crippen LogP contribution in [0.5, 0.6) is 11.5 Å². The molecule has 0 unspecified atom stereocenters. The topological polar surface area (TPSA) is 88.1 Å². The standard InChI is InChI=1S/C14H18Cl2O7S/c1-14(2,8-23-24(16,18)19)7-22-13(17)11-10(20-3)6-5-9(15)12(11)21-4/h5-6H,7-8H2,1-4H3. The molecule has 0 bridgehead atoms. The van der Waals surface area contributed by atoms with Gasteiger partial charge < -0.3 is 14.2 Å². The normalized spacial score (nSPS) is 11.9. The molecule has 1 aromatic carbocycles. The Morgan fingerprint density at radius 3 is 2.29 bits per heavy atom. The van der Waals surface area contributed by atoms with Gasteiger partial charge in [-0.2, -0.15) is 8.42 Å².